The lowest BCUT2D eigenvalue weighted by atomic mass is 10.0. The van der Waals surface area contributed by atoms with Gasteiger partial charge in [-0.05, 0) is 25.7 Å². The molecular weight excluding hydrogens is 292 g/mol. The van der Waals surface area contributed by atoms with Gasteiger partial charge in [-0.3, -0.25) is 4.79 Å². The first-order valence-corrected chi connectivity index (χ1v) is 9.16. The molecule has 0 radical (unpaired) electrons. The fourth-order valence-electron chi connectivity index (χ4n) is 2.62. The van der Waals surface area contributed by atoms with Crippen LogP contribution in [0.3, 0.4) is 0 Å². The van der Waals surface area contributed by atoms with Crippen LogP contribution < -0.4 is 0 Å². The zero-order valence-corrected chi connectivity index (χ0v) is 14.8. The third-order valence-electron chi connectivity index (χ3n) is 4.00. The van der Waals surface area contributed by atoms with Gasteiger partial charge in [-0.2, -0.15) is 0 Å². The van der Waals surface area contributed by atoms with Crippen LogP contribution in [-0.4, -0.2) is 35.0 Å². The molecule has 0 aromatic carbocycles. The van der Waals surface area contributed by atoms with Crippen LogP contribution >= 0.6 is 0 Å². The van der Waals surface area contributed by atoms with E-state index in [2.05, 4.69) is 6.58 Å². The molecule has 0 heterocycles. The second kappa shape index (κ2) is 16.0. The van der Waals surface area contributed by atoms with Gasteiger partial charge in [0.1, 0.15) is 0 Å². The minimum absolute atomic E-state index is 0.218. The number of carbonyl (C=O) groups is 1. The maximum absolute atomic E-state index is 10.6. The molecule has 0 aromatic rings. The molecule has 0 rings (SSSR count). The van der Waals surface area contributed by atoms with E-state index in [0.29, 0.717) is 12.8 Å². The molecule has 0 unspecified atom stereocenters. The van der Waals surface area contributed by atoms with E-state index in [1.54, 1.807) is 0 Å². The topological polar surface area (TPSA) is 66.8 Å². The molecule has 23 heavy (non-hydrogen) atoms. The Morgan fingerprint density at radius 2 is 1.48 bits per heavy atom. The Morgan fingerprint density at radius 3 is 2.04 bits per heavy atom. The lowest BCUT2D eigenvalue weighted by Gasteiger charge is -2.15. The highest BCUT2D eigenvalue weighted by atomic mass is 16.5. The van der Waals surface area contributed by atoms with E-state index in [4.69, 9.17) is 4.74 Å². The molecule has 2 N–H and O–H groups in total. The Balaban J connectivity index is 3.33. The van der Waals surface area contributed by atoms with Gasteiger partial charge in [0.25, 0.3) is 0 Å². The molecule has 0 aliphatic carbocycles. The van der Waals surface area contributed by atoms with Crippen LogP contribution in [0.4, 0.5) is 0 Å². The molecule has 2 atom stereocenters. The SMILES string of the molecule is C=CCCCCCCCCCC[C@@H](O)C[C@@H](O)CCOC(C)=O. The zero-order valence-electron chi connectivity index (χ0n) is 14.8. The first-order chi connectivity index (χ1) is 11.1. The highest BCUT2D eigenvalue weighted by molar-refractivity contribution is 5.65. The largest absolute Gasteiger partial charge is 0.466 e. The predicted octanol–water partition coefficient (Wildman–Crippen LogP) is 4.14. The number of aliphatic hydroxyl groups excluding tert-OH is 2. The van der Waals surface area contributed by atoms with Gasteiger partial charge < -0.3 is 14.9 Å². The van der Waals surface area contributed by atoms with E-state index < -0.39 is 12.2 Å². The first-order valence-electron chi connectivity index (χ1n) is 9.16. The number of hydrogen-bond acceptors (Lipinski definition) is 4. The second-order valence-corrected chi connectivity index (χ2v) is 6.37. The summed E-state index contributed by atoms with van der Waals surface area (Å²) in [4.78, 5) is 10.6. The molecule has 0 aromatic heterocycles. The highest BCUT2D eigenvalue weighted by Gasteiger charge is 2.12. The molecule has 0 aliphatic heterocycles. The Morgan fingerprint density at radius 1 is 0.957 bits per heavy atom. The van der Waals surface area contributed by atoms with Crippen LogP contribution in [0.25, 0.3) is 0 Å². The van der Waals surface area contributed by atoms with Crippen molar-refractivity contribution < 1.29 is 19.7 Å². The minimum Gasteiger partial charge on any atom is -0.466 e. The summed E-state index contributed by atoms with van der Waals surface area (Å²) >= 11 is 0. The van der Waals surface area contributed by atoms with E-state index >= 15 is 0 Å². The molecule has 0 aliphatic rings. The Kier molecular flexibility index (Phi) is 15.4. The summed E-state index contributed by atoms with van der Waals surface area (Å²) in [6.07, 6.45) is 13.4. The summed E-state index contributed by atoms with van der Waals surface area (Å²) in [5.41, 5.74) is 0. The second-order valence-electron chi connectivity index (χ2n) is 6.37. The van der Waals surface area contributed by atoms with Crippen molar-refractivity contribution in [2.75, 3.05) is 6.61 Å². The van der Waals surface area contributed by atoms with Gasteiger partial charge in [0.15, 0.2) is 0 Å². The monoisotopic (exact) mass is 328 g/mol. The first kappa shape index (κ1) is 22.1. The predicted molar refractivity (Wildman–Crippen MR) is 94.2 cm³/mol. The lowest BCUT2D eigenvalue weighted by molar-refractivity contribution is -0.141. The lowest BCUT2D eigenvalue weighted by Crippen LogP contribution is -2.19. The quantitative estimate of drug-likeness (QED) is 0.254. The standard InChI is InChI=1S/C19H36O4/c1-3-4-5-6-7-8-9-10-11-12-13-18(21)16-19(22)14-15-23-17(2)20/h3,18-19,21-22H,1,4-16H2,2H3/t18-,19+/m1/s1. The summed E-state index contributed by atoms with van der Waals surface area (Å²) < 4.78 is 4.78. The number of unbranched alkanes of at least 4 members (excludes halogenated alkanes) is 8. The molecule has 0 fully saturated rings. The Bertz CT molecular complexity index is 291. The van der Waals surface area contributed by atoms with Crippen LogP contribution in [0, 0.1) is 0 Å². The van der Waals surface area contributed by atoms with Gasteiger partial charge in [-0.25, -0.2) is 0 Å². The van der Waals surface area contributed by atoms with Crippen LogP contribution in [0.2, 0.25) is 0 Å². The summed E-state index contributed by atoms with van der Waals surface area (Å²) in [6, 6.07) is 0. The van der Waals surface area contributed by atoms with Gasteiger partial charge in [0.2, 0.25) is 0 Å². The van der Waals surface area contributed by atoms with Crippen LogP contribution in [0.15, 0.2) is 12.7 Å². The number of hydrogen-bond donors (Lipinski definition) is 2. The maximum Gasteiger partial charge on any atom is 0.302 e. The molecule has 4 heteroatoms. The van der Waals surface area contributed by atoms with E-state index in [0.717, 1.165) is 25.7 Å². The minimum atomic E-state index is -0.597. The molecule has 0 bridgehead atoms. The fraction of sp³-hybridized carbons (Fsp3) is 0.842. The Hall–Kier alpha value is -0.870. The fourth-order valence-corrected chi connectivity index (χ4v) is 2.62. The van der Waals surface area contributed by atoms with E-state index in [1.807, 2.05) is 6.08 Å². The average molecular weight is 328 g/mol. The Labute approximate surface area is 141 Å². The van der Waals surface area contributed by atoms with Crippen molar-refractivity contribution in [1.82, 2.24) is 0 Å². The van der Waals surface area contributed by atoms with Crippen molar-refractivity contribution in [3.8, 4) is 0 Å². The molecule has 0 amide bonds. The highest BCUT2D eigenvalue weighted by Crippen LogP contribution is 2.14. The van der Waals surface area contributed by atoms with Gasteiger partial charge in [0.05, 0.1) is 18.8 Å². The summed E-state index contributed by atoms with van der Waals surface area (Å²) in [7, 11) is 0. The molecule has 0 spiro atoms. The average Bonchev–Trinajstić information content (AvgIpc) is 2.48. The van der Waals surface area contributed by atoms with Crippen LogP contribution in [0.5, 0.6) is 0 Å². The third-order valence-corrected chi connectivity index (χ3v) is 4.00. The van der Waals surface area contributed by atoms with Crippen molar-refractivity contribution in [3.05, 3.63) is 12.7 Å². The molecule has 0 saturated heterocycles. The van der Waals surface area contributed by atoms with Gasteiger partial charge >= 0.3 is 5.97 Å². The number of allylic oxidation sites excluding steroid dienone is 1. The van der Waals surface area contributed by atoms with Crippen LogP contribution in [0.1, 0.15) is 84.0 Å². The normalized spacial score (nSPS) is 13.5. The molecule has 136 valence electrons. The van der Waals surface area contributed by atoms with E-state index in [9.17, 15) is 15.0 Å². The number of aliphatic hydroxyl groups is 2. The summed E-state index contributed by atoms with van der Waals surface area (Å²) in [5.74, 6) is -0.335. The summed E-state index contributed by atoms with van der Waals surface area (Å²) in [5, 5.41) is 19.6. The van der Waals surface area contributed by atoms with Gasteiger partial charge in [-0.1, -0.05) is 51.0 Å². The number of ether oxygens (including phenoxy) is 1. The smallest absolute Gasteiger partial charge is 0.302 e. The van der Waals surface area contributed by atoms with Gasteiger partial charge in [0, 0.05) is 13.3 Å². The number of rotatable bonds is 16. The van der Waals surface area contributed by atoms with E-state index in [1.165, 1.54) is 45.4 Å². The summed E-state index contributed by atoms with van der Waals surface area (Å²) in [6.45, 7) is 5.29. The maximum atomic E-state index is 10.6. The number of carbonyl (C=O) groups excluding carboxylic acids is 1. The van der Waals surface area contributed by atoms with Crippen LogP contribution in [-0.2, 0) is 9.53 Å². The van der Waals surface area contributed by atoms with Crippen molar-refractivity contribution in [1.29, 1.82) is 0 Å². The van der Waals surface area contributed by atoms with E-state index in [-0.39, 0.29) is 12.6 Å². The zero-order chi connectivity index (χ0) is 17.3. The van der Waals surface area contributed by atoms with Crippen molar-refractivity contribution in [3.63, 3.8) is 0 Å². The molecule has 4 nitrogen and oxygen atoms in total. The van der Waals surface area contributed by atoms with Gasteiger partial charge in [-0.15, -0.1) is 6.58 Å². The van der Waals surface area contributed by atoms with Crippen molar-refractivity contribution >= 4 is 5.97 Å². The van der Waals surface area contributed by atoms with Crippen molar-refractivity contribution in [2.24, 2.45) is 0 Å². The molecular formula is C19H36O4. The number of esters is 1. The molecule has 0 saturated carbocycles. The third kappa shape index (κ3) is 17.3. The van der Waals surface area contributed by atoms with Crippen molar-refractivity contribution in [2.45, 2.75) is 96.2 Å².